The van der Waals surface area contributed by atoms with Gasteiger partial charge < -0.3 is 14.7 Å². The van der Waals surface area contributed by atoms with E-state index in [1.807, 2.05) is 0 Å². The first-order valence-electron chi connectivity index (χ1n) is 5.68. The summed E-state index contributed by atoms with van der Waals surface area (Å²) in [5, 5.41) is 9.24. The molecule has 6 heteroatoms. The number of ether oxygens (including phenoxy) is 1. The van der Waals surface area contributed by atoms with Gasteiger partial charge in [-0.2, -0.15) is 0 Å². The molecule has 0 bridgehead atoms. The van der Waals surface area contributed by atoms with Gasteiger partial charge in [0.15, 0.2) is 0 Å². The van der Waals surface area contributed by atoms with Gasteiger partial charge in [-0.1, -0.05) is 18.5 Å². The predicted molar refractivity (Wildman–Crippen MR) is 71.8 cm³/mol. The van der Waals surface area contributed by atoms with Gasteiger partial charge in [0.25, 0.3) is 5.91 Å². The fourth-order valence-electron chi connectivity index (χ4n) is 1.59. The molecule has 0 fully saturated rings. The van der Waals surface area contributed by atoms with E-state index < -0.39 is 11.9 Å². The molecule has 5 nitrogen and oxygen atoms in total. The van der Waals surface area contributed by atoms with Gasteiger partial charge in [0.1, 0.15) is 5.75 Å². The van der Waals surface area contributed by atoms with Crippen LogP contribution in [-0.2, 0) is 4.79 Å². The van der Waals surface area contributed by atoms with Gasteiger partial charge in [-0.3, -0.25) is 9.59 Å². The molecule has 1 amide bonds. The normalized spacial score (nSPS) is 11.8. The van der Waals surface area contributed by atoms with E-state index in [1.54, 1.807) is 26.1 Å². The topological polar surface area (TPSA) is 66.8 Å². The highest BCUT2D eigenvalue weighted by Gasteiger charge is 2.19. The van der Waals surface area contributed by atoms with E-state index in [4.69, 9.17) is 21.4 Å². The number of halogens is 1. The number of hydrogen-bond acceptors (Lipinski definition) is 3. The second kappa shape index (κ2) is 6.43. The number of carboxylic acids is 1. The molecule has 0 spiro atoms. The Balaban J connectivity index is 2.85. The molecule has 0 aliphatic heterocycles. The second-order valence-electron chi connectivity index (χ2n) is 4.27. The Hall–Kier alpha value is -1.75. The Bertz CT molecular complexity index is 490. The lowest BCUT2D eigenvalue weighted by atomic mass is 10.1. The van der Waals surface area contributed by atoms with E-state index in [0.717, 1.165) is 0 Å². The number of nitrogens with zero attached hydrogens (tertiary/aromatic N) is 1. The van der Waals surface area contributed by atoms with E-state index in [0.29, 0.717) is 16.3 Å². The second-order valence-corrected chi connectivity index (χ2v) is 4.68. The number of carbonyl (C=O) groups is 2. The average Bonchev–Trinajstić information content (AvgIpc) is 2.38. The summed E-state index contributed by atoms with van der Waals surface area (Å²) in [7, 11) is 3.02. The number of methoxy groups -OCH3 is 1. The minimum atomic E-state index is -0.937. The molecule has 1 unspecified atom stereocenters. The molecule has 1 rings (SSSR count). The Morgan fingerprint density at radius 1 is 1.47 bits per heavy atom. The monoisotopic (exact) mass is 285 g/mol. The third-order valence-corrected chi connectivity index (χ3v) is 3.03. The zero-order chi connectivity index (χ0) is 14.6. The number of hydrogen-bond donors (Lipinski definition) is 1. The predicted octanol–water partition coefficient (Wildman–Crippen LogP) is 2.14. The maximum atomic E-state index is 12.1. The quantitative estimate of drug-likeness (QED) is 0.900. The first-order chi connectivity index (χ1) is 8.86. The summed E-state index contributed by atoms with van der Waals surface area (Å²) >= 11 is 5.88. The third kappa shape index (κ3) is 3.86. The summed E-state index contributed by atoms with van der Waals surface area (Å²) in [6, 6.07) is 4.68. The van der Waals surface area contributed by atoms with Crippen molar-refractivity contribution < 1.29 is 19.4 Å². The Labute approximate surface area is 116 Å². The molecule has 0 saturated heterocycles. The molecule has 0 heterocycles. The summed E-state index contributed by atoms with van der Waals surface area (Å²) in [6.07, 6.45) is 0. The molecular weight excluding hydrogens is 270 g/mol. The van der Waals surface area contributed by atoms with Crippen molar-refractivity contribution in [2.75, 3.05) is 20.7 Å². The molecule has 0 aromatic heterocycles. The van der Waals surface area contributed by atoms with E-state index in [1.165, 1.54) is 18.1 Å². The first kappa shape index (κ1) is 15.3. The summed E-state index contributed by atoms with van der Waals surface area (Å²) in [4.78, 5) is 24.2. The number of carbonyl (C=O) groups excluding carboxylic acids is 1. The van der Waals surface area contributed by atoms with Gasteiger partial charge in [-0.05, 0) is 18.2 Å². The van der Waals surface area contributed by atoms with Crippen LogP contribution in [-0.4, -0.2) is 42.6 Å². The van der Waals surface area contributed by atoms with Crippen molar-refractivity contribution in [1.29, 1.82) is 0 Å². The first-order valence-corrected chi connectivity index (χ1v) is 6.06. The van der Waals surface area contributed by atoms with Crippen LogP contribution in [0.1, 0.15) is 17.3 Å². The number of carboxylic acid groups (broad SMARTS) is 1. The Kier molecular flexibility index (Phi) is 5.18. The lowest BCUT2D eigenvalue weighted by Gasteiger charge is -2.19. The average molecular weight is 286 g/mol. The van der Waals surface area contributed by atoms with Crippen molar-refractivity contribution in [2.24, 2.45) is 5.92 Å². The van der Waals surface area contributed by atoms with Crippen LogP contribution in [0.15, 0.2) is 18.2 Å². The van der Waals surface area contributed by atoms with E-state index in [9.17, 15) is 9.59 Å². The summed E-state index contributed by atoms with van der Waals surface area (Å²) in [5.74, 6) is -1.42. The molecular formula is C13H16ClNO4. The number of amides is 1. The zero-order valence-corrected chi connectivity index (χ0v) is 11.8. The number of rotatable bonds is 5. The lowest BCUT2D eigenvalue weighted by molar-refractivity contribution is -0.141. The van der Waals surface area contributed by atoms with Crippen LogP contribution in [0.2, 0.25) is 5.02 Å². The Morgan fingerprint density at radius 2 is 2.11 bits per heavy atom. The molecule has 104 valence electrons. The maximum Gasteiger partial charge on any atom is 0.308 e. The minimum absolute atomic E-state index is 0.138. The largest absolute Gasteiger partial charge is 0.495 e. The number of aliphatic carboxylic acids is 1. The summed E-state index contributed by atoms with van der Waals surface area (Å²) < 4.78 is 5.04. The van der Waals surface area contributed by atoms with Crippen LogP contribution < -0.4 is 4.74 Å². The van der Waals surface area contributed by atoms with Crippen LogP contribution in [0.5, 0.6) is 5.75 Å². The molecule has 19 heavy (non-hydrogen) atoms. The highest BCUT2D eigenvalue weighted by atomic mass is 35.5. The highest BCUT2D eigenvalue weighted by Crippen LogP contribution is 2.25. The molecule has 0 aliphatic carbocycles. The SMILES string of the molecule is COc1cc(C(=O)N(C)CC(C)C(=O)O)ccc1Cl. The Morgan fingerprint density at radius 3 is 2.63 bits per heavy atom. The standard InChI is InChI=1S/C13H16ClNO4/c1-8(13(17)18)7-15(2)12(16)9-4-5-10(14)11(6-9)19-3/h4-6,8H,7H2,1-3H3,(H,17,18). The van der Waals surface area contributed by atoms with Gasteiger partial charge in [-0.25, -0.2) is 0 Å². The molecule has 1 aromatic carbocycles. The van der Waals surface area contributed by atoms with E-state index in [-0.39, 0.29) is 12.5 Å². The lowest BCUT2D eigenvalue weighted by Crippen LogP contribution is -2.33. The molecule has 1 N–H and O–H groups in total. The zero-order valence-electron chi connectivity index (χ0n) is 11.0. The summed E-state index contributed by atoms with van der Waals surface area (Å²) in [5.41, 5.74) is 0.404. The molecule has 1 aromatic rings. The van der Waals surface area contributed by atoms with Crippen LogP contribution in [0.4, 0.5) is 0 Å². The van der Waals surface area contributed by atoms with Crippen molar-refractivity contribution in [3.63, 3.8) is 0 Å². The maximum absolute atomic E-state index is 12.1. The van der Waals surface area contributed by atoms with Gasteiger partial charge in [0.05, 0.1) is 18.1 Å². The fourth-order valence-corrected chi connectivity index (χ4v) is 1.78. The van der Waals surface area contributed by atoms with Crippen LogP contribution >= 0.6 is 11.6 Å². The van der Waals surface area contributed by atoms with Crippen molar-refractivity contribution in [1.82, 2.24) is 4.90 Å². The van der Waals surface area contributed by atoms with Crippen molar-refractivity contribution in [2.45, 2.75) is 6.92 Å². The van der Waals surface area contributed by atoms with Crippen LogP contribution in [0.25, 0.3) is 0 Å². The van der Waals surface area contributed by atoms with E-state index in [2.05, 4.69) is 0 Å². The minimum Gasteiger partial charge on any atom is -0.495 e. The summed E-state index contributed by atoms with van der Waals surface area (Å²) in [6.45, 7) is 1.69. The van der Waals surface area contributed by atoms with Gasteiger partial charge in [-0.15, -0.1) is 0 Å². The molecule has 0 radical (unpaired) electrons. The van der Waals surface area contributed by atoms with E-state index >= 15 is 0 Å². The third-order valence-electron chi connectivity index (χ3n) is 2.71. The van der Waals surface area contributed by atoms with Gasteiger partial charge in [0, 0.05) is 19.2 Å². The van der Waals surface area contributed by atoms with Crippen molar-refractivity contribution in [3.8, 4) is 5.75 Å². The van der Waals surface area contributed by atoms with Crippen LogP contribution in [0, 0.1) is 5.92 Å². The fraction of sp³-hybridized carbons (Fsp3) is 0.385. The number of benzene rings is 1. The van der Waals surface area contributed by atoms with Crippen molar-refractivity contribution in [3.05, 3.63) is 28.8 Å². The molecule has 0 aliphatic rings. The van der Waals surface area contributed by atoms with Gasteiger partial charge in [0.2, 0.25) is 0 Å². The van der Waals surface area contributed by atoms with Crippen molar-refractivity contribution >= 4 is 23.5 Å². The van der Waals surface area contributed by atoms with Crippen LogP contribution in [0.3, 0.4) is 0 Å². The van der Waals surface area contributed by atoms with Gasteiger partial charge >= 0.3 is 5.97 Å². The molecule has 0 saturated carbocycles. The molecule has 1 atom stereocenters. The highest BCUT2D eigenvalue weighted by molar-refractivity contribution is 6.32. The smallest absolute Gasteiger partial charge is 0.308 e.